The second kappa shape index (κ2) is 6.23. The number of benzene rings is 1. The molecule has 1 aromatic carbocycles. The van der Waals surface area contributed by atoms with Crippen LogP contribution < -0.4 is 0 Å². The van der Waals surface area contributed by atoms with E-state index in [2.05, 4.69) is 11.6 Å². The molecule has 0 heterocycles. The molecule has 0 bridgehead atoms. The molecule has 54 valence electrons. The van der Waals surface area contributed by atoms with Crippen molar-refractivity contribution in [3.63, 3.8) is 0 Å². The van der Waals surface area contributed by atoms with Crippen LogP contribution in [0.3, 0.4) is 0 Å². The van der Waals surface area contributed by atoms with Crippen LogP contribution in [0.25, 0.3) is 0 Å². The lowest BCUT2D eigenvalue weighted by Crippen LogP contribution is -1.63. The summed E-state index contributed by atoms with van der Waals surface area (Å²) in [5.41, 5.74) is 0. The Morgan fingerprint density at radius 2 is 1.70 bits per heavy atom. The number of hydrogen-bond acceptors (Lipinski definition) is 1. The van der Waals surface area contributed by atoms with E-state index in [4.69, 9.17) is 4.79 Å². The molecule has 0 amide bonds. The van der Waals surface area contributed by atoms with E-state index in [0.29, 0.717) is 0 Å². The molecular formula is C7H6ClFO. The molecule has 0 fully saturated rings. The molecule has 3 heteroatoms. The summed E-state index contributed by atoms with van der Waals surface area (Å²) in [5, 5.41) is 0. The molecule has 0 aromatic heterocycles. The summed E-state index contributed by atoms with van der Waals surface area (Å²) in [6.07, 6.45) is 0. The lowest BCUT2D eigenvalue weighted by atomic mass is 10.4. The standard InChI is InChI=1S/C6H5F.CHClO/c7-6-4-2-1-3-5-6;2-1-3/h1-5H;1H. The van der Waals surface area contributed by atoms with Crippen LogP contribution >= 0.6 is 11.6 Å². The highest BCUT2D eigenvalue weighted by molar-refractivity contribution is 6.54. The third kappa shape index (κ3) is 5.25. The van der Waals surface area contributed by atoms with Crippen LogP contribution in [0.5, 0.6) is 0 Å². The first kappa shape index (κ1) is 9.11. The topological polar surface area (TPSA) is 17.1 Å². The SMILES string of the molecule is Fc1ccccc1.O=CCl. The summed E-state index contributed by atoms with van der Waals surface area (Å²) in [4.78, 5) is 8.57. The van der Waals surface area contributed by atoms with Crippen LogP contribution in [0, 0.1) is 5.82 Å². The van der Waals surface area contributed by atoms with Crippen LogP contribution in [-0.2, 0) is 4.79 Å². The molecule has 0 spiro atoms. The number of rotatable bonds is 0. The van der Waals surface area contributed by atoms with Crippen molar-refractivity contribution in [3.05, 3.63) is 36.1 Å². The van der Waals surface area contributed by atoms with Gasteiger partial charge in [0.1, 0.15) is 5.82 Å². The summed E-state index contributed by atoms with van der Waals surface area (Å²) < 4.78 is 11.9. The zero-order valence-corrected chi connectivity index (χ0v) is 5.88. The van der Waals surface area contributed by atoms with Gasteiger partial charge in [0.25, 0.3) is 0 Å². The van der Waals surface area contributed by atoms with Gasteiger partial charge >= 0.3 is 0 Å². The molecule has 1 rings (SSSR count). The minimum Gasteiger partial charge on any atom is -0.285 e. The largest absolute Gasteiger partial charge is 0.285 e. The second-order valence-corrected chi connectivity index (χ2v) is 1.56. The van der Waals surface area contributed by atoms with Gasteiger partial charge in [-0.1, -0.05) is 18.2 Å². The zero-order valence-electron chi connectivity index (χ0n) is 5.13. The van der Waals surface area contributed by atoms with E-state index in [0.717, 1.165) is 0 Å². The van der Waals surface area contributed by atoms with Gasteiger partial charge in [-0.2, -0.15) is 0 Å². The maximum absolute atomic E-state index is 11.9. The molecule has 10 heavy (non-hydrogen) atoms. The molecule has 0 radical (unpaired) electrons. The van der Waals surface area contributed by atoms with Gasteiger partial charge in [0, 0.05) is 0 Å². The third-order valence-electron chi connectivity index (χ3n) is 0.733. The molecule has 1 nitrogen and oxygen atoms in total. The van der Waals surface area contributed by atoms with Crippen molar-refractivity contribution in [2.45, 2.75) is 0 Å². The van der Waals surface area contributed by atoms with Crippen molar-refractivity contribution in [3.8, 4) is 0 Å². The van der Waals surface area contributed by atoms with E-state index < -0.39 is 0 Å². The lowest BCUT2D eigenvalue weighted by molar-refractivity contribution is 0.569. The van der Waals surface area contributed by atoms with Gasteiger partial charge in [0.15, 0.2) is 0 Å². The number of carbonyl (C=O) groups is 1. The Hall–Kier alpha value is -0.890. The Labute approximate surface area is 63.4 Å². The Kier molecular flexibility index (Phi) is 5.68. The van der Waals surface area contributed by atoms with Crippen molar-refractivity contribution < 1.29 is 9.18 Å². The molecule has 0 unspecified atom stereocenters. The van der Waals surface area contributed by atoms with Crippen molar-refractivity contribution in [2.24, 2.45) is 0 Å². The highest BCUT2D eigenvalue weighted by Gasteiger charge is 1.77. The van der Waals surface area contributed by atoms with E-state index in [1.54, 1.807) is 18.2 Å². The maximum atomic E-state index is 11.9. The zero-order chi connectivity index (χ0) is 7.82. The molecule has 0 aliphatic rings. The van der Waals surface area contributed by atoms with Crippen LogP contribution in [0.4, 0.5) is 4.39 Å². The van der Waals surface area contributed by atoms with Crippen molar-refractivity contribution in [1.29, 1.82) is 0 Å². The summed E-state index contributed by atoms with van der Waals surface area (Å²) in [6.45, 7) is 0. The number of halogens is 2. The lowest BCUT2D eigenvalue weighted by Gasteiger charge is -1.78. The second-order valence-electron chi connectivity index (χ2n) is 1.38. The quantitative estimate of drug-likeness (QED) is 0.420. The Bertz CT molecular complexity index is 176. The summed E-state index contributed by atoms with van der Waals surface area (Å²) in [7, 11) is 0. The van der Waals surface area contributed by atoms with Crippen molar-refractivity contribution in [2.75, 3.05) is 0 Å². The highest BCUT2D eigenvalue weighted by Crippen LogP contribution is 1.91. The minimum absolute atomic E-state index is 0.178. The first-order valence-corrected chi connectivity index (χ1v) is 2.99. The summed E-state index contributed by atoms with van der Waals surface area (Å²) in [5.74, 6) is 0.0440. The Morgan fingerprint density at radius 1 is 1.30 bits per heavy atom. The summed E-state index contributed by atoms with van der Waals surface area (Å²) in [6, 6.07) is 7.94. The Morgan fingerprint density at radius 3 is 1.90 bits per heavy atom. The fourth-order valence-corrected chi connectivity index (χ4v) is 0.415. The monoisotopic (exact) mass is 160 g/mol. The smallest absolute Gasteiger partial charge is 0.208 e. The summed E-state index contributed by atoms with van der Waals surface area (Å²) >= 11 is 4.32. The van der Waals surface area contributed by atoms with Crippen LogP contribution in [0.15, 0.2) is 30.3 Å². The van der Waals surface area contributed by atoms with Crippen LogP contribution in [-0.4, -0.2) is 5.75 Å². The van der Waals surface area contributed by atoms with E-state index in [1.807, 2.05) is 0 Å². The fraction of sp³-hybridized carbons (Fsp3) is 0. The molecule has 0 N–H and O–H groups in total. The van der Waals surface area contributed by atoms with Gasteiger partial charge < -0.3 is 0 Å². The van der Waals surface area contributed by atoms with Gasteiger partial charge in [-0.25, -0.2) is 4.39 Å². The first-order chi connectivity index (χ1) is 4.81. The molecule has 0 saturated heterocycles. The molecule has 0 aliphatic carbocycles. The van der Waals surface area contributed by atoms with E-state index in [-0.39, 0.29) is 11.6 Å². The third-order valence-corrected chi connectivity index (χ3v) is 0.733. The first-order valence-electron chi connectivity index (χ1n) is 2.55. The predicted octanol–water partition coefficient (Wildman–Crippen LogP) is 2.24. The normalized spacial score (nSPS) is 7.40. The average Bonchev–Trinajstić information content (AvgIpc) is 1.91. The van der Waals surface area contributed by atoms with E-state index in [9.17, 15) is 4.39 Å². The Balaban J connectivity index is 0.000000236. The van der Waals surface area contributed by atoms with Crippen molar-refractivity contribution in [1.82, 2.24) is 0 Å². The van der Waals surface area contributed by atoms with Gasteiger partial charge in [-0.15, -0.1) is 0 Å². The fourth-order valence-electron chi connectivity index (χ4n) is 0.415. The maximum Gasteiger partial charge on any atom is 0.208 e. The molecule has 0 saturated carbocycles. The predicted molar refractivity (Wildman–Crippen MR) is 39.0 cm³/mol. The highest BCUT2D eigenvalue weighted by atomic mass is 35.5. The van der Waals surface area contributed by atoms with Crippen LogP contribution in [0.2, 0.25) is 0 Å². The van der Waals surface area contributed by atoms with E-state index in [1.165, 1.54) is 12.1 Å². The molecular weight excluding hydrogens is 155 g/mol. The van der Waals surface area contributed by atoms with Gasteiger partial charge in [-0.3, -0.25) is 4.79 Å². The van der Waals surface area contributed by atoms with Crippen molar-refractivity contribution >= 4 is 17.3 Å². The average molecular weight is 161 g/mol. The van der Waals surface area contributed by atoms with E-state index >= 15 is 0 Å². The van der Waals surface area contributed by atoms with Gasteiger partial charge in [0.05, 0.1) is 0 Å². The number of hydrogen-bond donors (Lipinski definition) is 0. The van der Waals surface area contributed by atoms with Gasteiger partial charge in [-0.05, 0) is 23.7 Å². The minimum atomic E-state index is -0.178. The van der Waals surface area contributed by atoms with Gasteiger partial charge in [0.2, 0.25) is 5.75 Å². The molecule has 0 aliphatic heterocycles. The van der Waals surface area contributed by atoms with Crippen LogP contribution in [0.1, 0.15) is 0 Å². The molecule has 0 atom stereocenters. The molecule has 1 aromatic rings. The number of carbonyl (C=O) groups excluding carboxylic acids is 1.